The normalized spacial score (nSPS) is 10.1. The number of H-pyrrole nitrogens is 1. The van der Waals surface area contributed by atoms with Crippen LogP contribution in [0, 0.1) is 0 Å². The standard InChI is InChI=1S/C12H12N4O2/c1-8(17)6-12(18)14-11-7-10(15-16-11)9-2-4-13-5-3-9/h2-5,7H,6H2,1H3,(H2,14,15,16,18). The Labute approximate surface area is 103 Å². The predicted octanol–water partition coefficient (Wildman–Crippen LogP) is 1.39. The Hall–Kier alpha value is -2.50. The Morgan fingerprint density at radius 3 is 2.72 bits per heavy atom. The summed E-state index contributed by atoms with van der Waals surface area (Å²) in [5.74, 6) is -0.152. The summed E-state index contributed by atoms with van der Waals surface area (Å²) in [4.78, 5) is 26.1. The van der Waals surface area contributed by atoms with Crippen molar-refractivity contribution in [1.82, 2.24) is 15.2 Å². The molecule has 2 N–H and O–H groups in total. The number of ketones is 1. The molecular weight excluding hydrogens is 232 g/mol. The highest BCUT2D eigenvalue weighted by molar-refractivity contribution is 6.03. The van der Waals surface area contributed by atoms with Crippen molar-refractivity contribution in [3.63, 3.8) is 0 Å². The van der Waals surface area contributed by atoms with Gasteiger partial charge in [0, 0.05) is 24.0 Å². The van der Waals surface area contributed by atoms with Crippen molar-refractivity contribution in [3.05, 3.63) is 30.6 Å². The van der Waals surface area contributed by atoms with E-state index in [9.17, 15) is 9.59 Å². The number of aromatic nitrogens is 3. The van der Waals surface area contributed by atoms with Crippen molar-refractivity contribution in [1.29, 1.82) is 0 Å². The van der Waals surface area contributed by atoms with Gasteiger partial charge in [-0.05, 0) is 19.1 Å². The third-order valence-corrected chi connectivity index (χ3v) is 2.25. The molecule has 1 amide bonds. The highest BCUT2D eigenvalue weighted by atomic mass is 16.2. The molecule has 0 aliphatic rings. The van der Waals surface area contributed by atoms with Crippen molar-refractivity contribution in [3.8, 4) is 11.3 Å². The lowest BCUT2D eigenvalue weighted by atomic mass is 10.2. The number of carbonyl (C=O) groups is 2. The summed E-state index contributed by atoms with van der Waals surface area (Å²) in [6.07, 6.45) is 3.20. The quantitative estimate of drug-likeness (QED) is 0.795. The summed E-state index contributed by atoms with van der Waals surface area (Å²) in [6, 6.07) is 5.36. The van der Waals surface area contributed by atoms with Gasteiger partial charge in [0.15, 0.2) is 5.82 Å². The summed E-state index contributed by atoms with van der Waals surface area (Å²) in [5, 5.41) is 9.30. The van der Waals surface area contributed by atoms with Crippen LogP contribution in [0.15, 0.2) is 30.6 Å². The lowest BCUT2D eigenvalue weighted by Gasteiger charge is -1.97. The highest BCUT2D eigenvalue weighted by Gasteiger charge is 2.08. The zero-order chi connectivity index (χ0) is 13.0. The third kappa shape index (κ3) is 3.00. The van der Waals surface area contributed by atoms with Crippen LogP contribution < -0.4 is 5.32 Å². The van der Waals surface area contributed by atoms with Crippen LogP contribution in [0.25, 0.3) is 11.3 Å². The van der Waals surface area contributed by atoms with Crippen LogP contribution in [0.4, 0.5) is 5.82 Å². The Kier molecular flexibility index (Phi) is 3.47. The Bertz CT molecular complexity index is 562. The van der Waals surface area contributed by atoms with Gasteiger partial charge in [-0.25, -0.2) is 0 Å². The van der Waals surface area contributed by atoms with Gasteiger partial charge >= 0.3 is 0 Å². The molecule has 92 valence electrons. The fourth-order valence-corrected chi connectivity index (χ4v) is 1.48. The van der Waals surface area contributed by atoms with Gasteiger partial charge in [0.05, 0.1) is 12.1 Å². The topological polar surface area (TPSA) is 87.7 Å². The molecule has 0 radical (unpaired) electrons. The molecule has 2 aromatic rings. The maximum Gasteiger partial charge on any atom is 0.233 e. The van der Waals surface area contributed by atoms with Crippen molar-refractivity contribution < 1.29 is 9.59 Å². The second-order valence-corrected chi connectivity index (χ2v) is 3.83. The molecule has 0 aromatic carbocycles. The number of amides is 1. The highest BCUT2D eigenvalue weighted by Crippen LogP contribution is 2.18. The van der Waals surface area contributed by atoms with E-state index >= 15 is 0 Å². The lowest BCUT2D eigenvalue weighted by Crippen LogP contribution is -2.14. The van der Waals surface area contributed by atoms with Crippen molar-refractivity contribution in [2.75, 3.05) is 5.32 Å². The molecule has 2 rings (SSSR count). The average molecular weight is 244 g/mol. The number of Topliss-reactive ketones (excluding diaryl/α,β-unsaturated/α-hetero) is 1. The SMILES string of the molecule is CC(=O)CC(=O)Nc1cc(-c2ccncc2)[nH]n1. The number of pyridine rings is 1. The van der Waals surface area contributed by atoms with Crippen LogP contribution in [0.3, 0.4) is 0 Å². The van der Waals surface area contributed by atoms with E-state index in [4.69, 9.17) is 0 Å². The molecule has 6 nitrogen and oxygen atoms in total. The molecular formula is C12H12N4O2. The molecule has 2 aromatic heterocycles. The van der Waals surface area contributed by atoms with Crippen molar-refractivity contribution >= 4 is 17.5 Å². The third-order valence-electron chi connectivity index (χ3n) is 2.25. The van der Waals surface area contributed by atoms with Crippen LogP contribution in [0.2, 0.25) is 0 Å². The minimum atomic E-state index is -0.365. The summed E-state index contributed by atoms with van der Waals surface area (Å²) in [7, 11) is 0. The first-order valence-corrected chi connectivity index (χ1v) is 5.40. The summed E-state index contributed by atoms with van der Waals surface area (Å²) < 4.78 is 0. The van der Waals surface area contributed by atoms with E-state index in [0.29, 0.717) is 5.82 Å². The van der Waals surface area contributed by atoms with E-state index in [0.717, 1.165) is 11.3 Å². The monoisotopic (exact) mass is 244 g/mol. The number of aromatic amines is 1. The molecule has 0 atom stereocenters. The zero-order valence-corrected chi connectivity index (χ0v) is 9.80. The molecule has 0 fully saturated rings. The van der Waals surface area contributed by atoms with Crippen LogP contribution in [0.1, 0.15) is 13.3 Å². The Morgan fingerprint density at radius 1 is 1.33 bits per heavy atom. The first-order valence-electron chi connectivity index (χ1n) is 5.40. The average Bonchev–Trinajstić information content (AvgIpc) is 2.77. The van der Waals surface area contributed by atoms with Gasteiger partial charge < -0.3 is 5.32 Å². The van der Waals surface area contributed by atoms with E-state index < -0.39 is 0 Å². The fourth-order valence-electron chi connectivity index (χ4n) is 1.48. The van der Waals surface area contributed by atoms with Gasteiger partial charge in [-0.15, -0.1) is 0 Å². The summed E-state index contributed by atoms with van der Waals surface area (Å²) in [5.41, 5.74) is 1.69. The number of nitrogens with zero attached hydrogens (tertiary/aromatic N) is 2. The second-order valence-electron chi connectivity index (χ2n) is 3.83. The van der Waals surface area contributed by atoms with Crippen LogP contribution >= 0.6 is 0 Å². The van der Waals surface area contributed by atoms with Crippen molar-refractivity contribution in [2.45, 2.75) is 13.3 Å². The molecule has 6 heteroatoms. The van der Waals surface area contributed by atoms with Gasteiger partial charge in [-0.3, -0.25) is 19.7 Å². The first-order chi connectivity index (χ1) is 8.65. The van der Waals surface area contributed by atoms with Crippen LogP contribution in [0.5, 0.6) is 0 Å². The molecule has 2 heterocycles. The second kappa shape index (κ2) is 5.22. The van der Waals surface area contributed by atoms with Crippen LogP contribution in [-0.2, 0) is 9.59 Å². The van der Waals surface area contributed by atoms with Crippen LogP contribution in [-0.4, -0.2) is 26.9 Å². The molecule has 0 saturated heterocycles. The number of carbonyl (C=O) groups excluding carboxylic acids is 2. The van der Waals surface area contributed by atoms with Gasteiger partial charge in [-0.2, -0.15) is 5.10 Å². The largest absolute Gasteiger partial charge is 0.309 e. The van der Waals surface area contributed by atoms with E-state index in [2.05, 4.69) is 20.5 Å². The minimum Gasteiger partial charge on any atom is -0.309 e. The number of hydrogen-bond donors (Lipinski definition) is 2. The van der Waals surface area contributed by atoms with Gasteiger partial charge in [0.25, 0.3) is 0 Å². The molecule has 0 aliphatic carbocycles. The molecule has 0 spiro atoms. The molecule has 18 heavy (non-hydrogen) atoms. The summed E-state index contributed by atoms with van der Waals surface area (Å²) >= 11 is 0. The van der Waals surface area contributed by atoms with E-state index in [-0.39, 0.29) is 18.1 Å². The molecule has 0 bridgehead atoms. The zero-order valence-electron chi connectivity index (χ0n) is 9.80. The maximum absolute atomic E-state index is 11.4. The summed E-state index contributed by atoms with van der Waals surface area (Å²) in [6.45, 7) is 1.37. The maximum atomic E-state index is 11.4. The molecule has 0 unspecified atom stereocenters. The Balaban J connectivity index is 2.07. The lowest BCUT2D eigenvalue weighted by molar-refractivity contribution is -0.124. The number of anilines is 1. The van der Waals surface area contributed by atoms with Gasteiger partial charge in [0.1, 0.15) is 5.78 Å². The van der Waals surface area contributed by atoms with Gasteiger partial charge in [-0.1, -0.05) is 0 Å². The van der Waals surface area contributed by atoms with E-state index in [1.54, 1.807) is 18.5 Å². The molecule has 0 aliphatic heterocycles. The van der Waals surface area contributed by atoms with Gasteiger partial charge in [0.2, 0.25) is 5.91 Å². The molecule has 0 saturated carbocycles. The van der Waals surface area contributed by atoms with E-state index in [1.807, 2.05) is 12.1 Å². The minimum absolute atomic E-state index is 0.141. The number of rotatable bonds is 4. The first kappa shape index (κ1) is 12.0. The Morgan fingerprint density at radius 2 is 2.06 bits per heavy atom. The smallest absolute Gasteiger partial charge is 0.233 e. The predicted molar refractivity (Wildman–Crippen MR) is 65.7 cm³/mol. The fraction of sp³-hybridized carbons (Fsp3) is 0.167. The van der Waals surface area contributed by atoms with E-state index in [1.165, 1.54) is 6.92 Å². The van der Waals surface area contributed by atoms with Crippen molar-refractivity contribution in [2.24, 2.45) is 0 Å². The number of nitrogens with one attached hydrogen (secondary N) is 2. The number of hydrogen-bond acceptors (Lipinski definition) is 4.